The average Bonchev–Trinajstić information content (AvgIpc) is 2.30. The van der Waals surface area contributed by atoms with E-state index in [4.69, 9.17) is 5.26 Å². The molecule has 1 radical (unpaired) electrons. The van der Waals surface area contributed by atoms with E-state index in [-0.39, 0.29) is 0 Å². The van der Waals surface area contributed by atoms with E-state index in [1.165, 1.54) is 0 Å². The van der Waals surface area contributed by atoms with Gasteiger partial charge in [0, 0.05) is 6.20 Å². The molecule has 2 heterocycles. The van der Waals surface area contributed by atoms with Crippen molar-refractivity contribution in [3.8, 4) is 17.5 Å². The molecule has 0 spiro atoms. The van der Waals surface area contributed by atoms with Gasteiger partial charge in [-0.05, 0) is 24.3 Å². The number of aromatic nitrogens is 2. The second kappa shape index (κ2) is 3.67. The lowest BCUT2D eigenvalue weighted by atomic mass is 10.1. The second-order valence-electron chi connectivity index (χ2n) is 2.66. The Morgan fingerprint density at radius 3 is 2.93 bits per heavy atom. The van der Waals surface area contributed by atoms with Gasteiger partial charge < -0.3 is 0 Å². The quantitative estimate of drug-likeness (QED) is 0.672. The standard InChI is InChI=1S/C11H6N3/c12-8-9-4-3-7-14-11(9)10-5-1-2-6-13-10/h1-5,7H. The molecular weight excluding hydrogens is 174 g/mol. The Hall–Kier alpha value is -2.21. The molecular formula is C11H6N3. The number of rotatable bonds is 1. The van der Waals surface area contributed by atoms with Gasteiger partial charge in [-0.15, -0.1) is 0 Å². The van der Waals surface area contributed by atoms with Gasteiger partial charge in [-0.3, -0.25) is 4.98 Å². The summed E-state index contributed by atoms with van der Waals surface area (Å²) in [6.45, 7) is 0. The van der Waals surface area contributed by atoms with Gasteiger partial charge >= 0.3 is 0 Å². The number of hydrogen-bond donors (Lipinski definition) is 0. The molecule has 65 valence electrons. The molecule has 0 aliphatic carbocycles. The van der Waals surface area contributed by atoms with Crippen molar-refractivity contribution in [2.24, 2.45) is 0 Å². The monoisotopic (exact) mass is 180 g/mol. The first kappa shape index (κ1) is 8.39. The predicted molar refractivity (Wildman–Crippen MR) is 51.0 cm³/mol. The third-order valence-corrected chi connectivity index (χ3v) is 1.78. The Labute approximate surface area is 81.7 Å². The van der Waals surface area contributed by atoms with Crippen LogP contribution in [-0.4, -0.2) is 9.97 Å². The summed E-state index contributed by atoms with van der Waals surface area (Å²) in [6.07, 6.45) is 4.36. The number of nitrogens with zero attached hydrogens (tertiary/aromatic N) is 3. The van der Waals surface area contributed by atoms with Crippen LogP contribution in [0.2, 0.25) is 0 Å². The van der Waals surface area contributed by atoms with Gasteiger partial charge in [0.15, 0.2) is 0 Å². The van der Waals surface area contributed by atoms with Crippen LogP contribution in [0.3, 0.4) is 0 Å². The van der Waals surface area contributed by atoms with Crippen molar-refractivity contribution < 1.29 is 0 Å². The van der Waals surface area contributed by atoms with Crippen LogP contribution in [0.25, 0.3) is 11.4 Å². The van der Waals surface area contributed by atoms with E-state index in [9.17, 15) is 0 Å². The summed E-state index contributed by atoms with van der Waals surface area (Å²) in [4.78, 5) is 8.13. The maximum atomic E-state index is 8.85. The Bertz CT molecular complexity index is 471. The first-order chi connectivity index (χ1) is 6.92. The van der Waals surface area contributed by atoms with Gasteiger partial charge in [0.1, 0.15) is 11.8 Å². The first-order valence-electron chi connectivity index (χ1n) is 4.10. The van der Waals surface area contributed by atoms with Crippen LogP contribution in [0.15, 0.2) is 36.5 Å². The third-order valence-electron chi connectivity index (χ3n) is 1.78. The minimum atomic E-state index is 0.527. The molecule has 0 aromatic carbocycles. The van der Waals surface area contributed by atoms with E-state index in [1.54, 1.807) is 30.5 Å². The Morgan fingerprint density at radius 1 is 1.29 bits per heavy atom. The summed E-state index contributed by atoms with van der Waals surface area (Å²) in [5.41, 5.74) is 1.80. The highest BCUT2D eigenvalue weighted by molar-refractivity contribution is 5.62. The zero-order valence-electron chi connectivity index (χ0n) is 7.31. The molecule has 0 atom stereocenters. The van der Waals surface area contributed by atoms with Gasteiger partial charge in [-0.1, -0.05) is 6.07 Å². The minimum absolute atomic E-state index is 0.527. The minimum Gasteiger partial charge on any atom is -0.253 e. The lowest BCUT2D eigenvalue weighted by Crippen LogP contribution is -1.90. The molecule has 2 aromatic heterocycles. The highest BCUT2D eigenvalue weighted by atomic mass is 14.8. The lowest BCUT2D eigenvalue weighted by molar-refractivity contribution is 1.23. The predicted octanol–water partition coefficient (Wildman–Crippen LogP) is 1.82. The van der Waals surface area contributed by atoms with Gasteiger partial charge in [0.25, 0.3) is 0 Å². The van der Waals surface area contributed by atoms with Crippen LogP contribution in [-0.2, 0) is 0 Å². The van der Waals surface area contributed by atoms with Crippen molar-refractivity contribution in [3.05, 3.63) is 48.3 Å². The van der Waals surface area contributed by atoms with Crippen LogP contribution in [0.5, 0.6) is 0 Å². The molecule has 2 aromatic rings. The average molecular weight is 180 g/mol. The van der Waals surface area contributed by atoms with Gasteiger partial charge in [-0.2, -0.15) is 5.26 Å². The highest BCUT2D eigenvalue weighted by Gasteiger charge is 2.05. The van der Waals surface area contributed by atoms with Crippen LogP contribution < -0.4 is 0 Å². The molecule has 0 saturated carbocycles. The highest BCUT2D eigenvalue weighted by Crippen LogP contribution is 2.16. The van der Waals surface area contributed by atoms with Crippen molar-refractivity contribution in [2.45, 2.75) is 0 Å². The fourth-order valence-corrected chi connectivity index (χ4v) is 1.16. The van der Waals surface area contributed by atoms with Crippen molar-refractivity contribution in [3.63, 3.8) is 0 Å². The zero-order chi connectivity index (χ0) is 9.80. The van der Waals surface area contributed by atoms with Crippen molar-refractivity contribution >= 4 is 0 Å². The fraction of sp³-hybridized carbons (Fsp3) is 0. The molecule has 14 heavy (non-hydrogen) atoms. The number of nitriles is 1. The third kappa shape index (κ3) is 1.46. The Balaban J connectivity index is 2.58. The molecule has 0 fully saturated rings. The summed E-state index contributed by atoms with van der Waals surface area (Å²) in [7, 11) is 0. The molecule has 0 bridgehead atoms. The van der Waals surface area contributed by atoms with Gasteiger partial charge in [0.05, 0.1) is 17.5 Å². The molecule has 0 aliphatic heterocycles. The smallest absolute Gasteiger partial charge is 0.106 e. The molecule has 0 aliphatic rings. The molecule has 0 unspecified atom stereocenters. The van der Waals surface area contributed by atoms with E-state index in [1.807, 2.05) is 6.07 Å². The van der Waals surface area contributed by atoms with E-state index in [0.717, 1.165) is 0 Å². The molecule has 0 saturated heterocycles. The van der Waals surface area contributed by atoms with E-state index in [2.05, 4.69) is 22.2 Å². The molecule has 3 heteroatoms. The molecule has 2 rings (SSSR count). The Kier molecular flexibility index (Phi) is 2.20. The van der Waals surface area contributed by atoms with Crippen molar-refractivity contribution in [1.29, 1.82) is 5.26 Å². The van der Waals surface area contributed by atoms with Crippen LogP contribution in [0, 0.1) is 17.5 Å². The van der Waals surface area contributed by atoms with Crippen LogP contribution >= 0.6 is 0 Å². The van der Waals surface area contributed by atoms with Crippen molar-refractivity contribution in [1.82, 2.24) is 9.97 Å². The maximum Gasteiger partial charge on any atom is 0.106 e. The molecule has 0 N–H and O–H groups in total. The largest absolute Gasteiger partial charge is 0.253 e. The van der Waals surface area contributed by atoms with Crippen LogP contribution in [0.4, 0.5) is 0 Å². The zero-order valence-corrected chi connectivity index (χ0v) is 7.31. The molecule has 0 amide bonds. The lowest BCUT2D eigenvalue weighted by Gasteiger charge is -1.99. The van der Waals surface area contributed by atoms with Crippen molar-refractivity contribution in [2.75, 3.05) is 0 Å². The van der Waals surface area contributed by atoms with Gasteiger partial charge in [-0.25, -0.2) is 4.98 Å². The summed E-state index contributed by atoms with van der Waals surface area (Å²) in [5.74, 6) is 0. The summed E-state index contributed by atoms with van der Waals surface area (Å²) >= 11 is 0. The topological polar surface area (TPSA) is 49.6 Å². The number of hydrogen-bond acceptors (Lipinski definition) is 3. The first-order valence-corrected chi connectivity index (χ1v) is 4.10. The normalized spacial score (nSPS) is 9.36. The van der Waals surface area contributed by atoms with Crippen LogP contribution in [0.1, 0.15) is 5.56 Å². The SMILES string of the molecule is N#Cc1cccnc1-c1ccc[c]n1. The Morgan fingerprint density at radius 2 is 2.21 bits per heavy atom. The summed E-state index contributed by atoms with van der Waals surface area (Å²) in [6, 6.07) is 10.9. The summed E-state index contributed by atoms with van der Waals surface area (Å²) < 4.78 is 0. The fourth-order valence-electron chi connectivity index (χ4n) is 1.16. The van der Waals surface area contributed by atoms with E-state index >= 15 is 0 Å². The summed E-state index contributed by atoms with van der Waals surface area (Å²) in [5, 5.41) is 8.85. The maximum absolute atomic E-state index is 8.85. The van der Waals surface area contributed by atoms with Gasteiger partial charge in [0.2, 0.25) is 0 Å². The molecule has 3 nitrogen and oxygen atoms in total. The van der Waals surface area contributed by atoms with E-state index < -0.39 is 0 Å². The second-order valence-corrected chi connectivity index (χ2v) is 2.66. The van der Waals surface area contributed by atoms with E-state index in [0.29, 0.717) is 17.0 Å². The number of pyridine rings is 2.